The van der Waals surface area contributed by atoms with Crippen LogP contribution in [0.2, 0.25) is 0 Å². The van der Waals surface area contributed by atoms with Gasteiger partial charge >= 0.3 is 0 Å². The Morgan fingerprint density at radius 2 is 1.77 bits per heavy atom. The van der Waals surface area contributed by atoms with Gasteiger partial charge in [-0.3, -0.25) is 9.59 Å². The van der Waals surface area contributed by atoms with Crippen molar-refractivity contribution in [3.05, 3.63) is 77.7 Å². The van der Waals surface area contributed by atoms with E-state index >= 15 is 0 Å². The van der Waals surface area contributed by atoms with E-state index in [9.17, 15) is 14.7 Å². The van der Waals surface area contributed by atoms with Crippen LogP contribution in [0.5, 0.6) is 5.75 Å². The highest BCUT2D eigenvalue weighted by Crippen LogP contribution is 2.23. The topological polar surface area (TPSA) is 97.3 Å². The number of nitrogens with zero attached hydrogens (tertiary/aromatic N) is 1. The molecule has 1 amide bonds. The van der Waals surface area contributed by atoms with Gasteiger partial charge < -0.3 is 29.5 Å². The third-order valence-electron chi connectivity index (χ3n) is 6.88. The molecule has 2 N–H and O–H groups in total. The second kappa shape index (κ2) is 14.1. The van der Waals surface area contributed by atoms with Gasteiger partial charge in [-0.1, -0.05) is 30.3 Å². The highest BCUT2D eigenvalue weighted by Gasteiger charge is 2.33. The number of ketones is 1. The van der Waals surface area contributed by atoms with Crippen LogP contribution in [0.1, 0.15) is 61.9 Å². The summed E-state index contributed by atoms with van der Waals surface area (Å²) in [7, 11) is 0. The van der Waals surface area contributed by atoms with E-state index in [0.29, 0.717) is 30.7 Å². The lowest BCUT2D eigenvalue weighted by Crippen LogP contribution is -2.50. The summed E-state index contributed by atoms with van der Waals surface area (Å²) < 4.78 is 17.2. The number of rotatable bonds is 14. The molecule has 0 saturated carbocycles. The van der Waals surface area contributed by atoms with Crippen LogP contribution in [0.15, 0.2) is 66.6 Å². The molecule has 1 fully saturated rings. The third kappa shape index (κ3) is 8.83. The molecule has 2 aromatic carbocycles. The van der Waals surface area contributed by atoms with Crippen LogP contribution in [0.4, 0.5) is 0 Å². The largest absolute Gasteiger partial charge is 0.491 e. The SMILES string of the molecule is CC(C)Oc1ccc(C(=O)CCCC(=O)N[C@H](CN2CCCC2)[C@@H](O)C2=COC(Cc3ccccc3)O2)cc1. The Hall–Kier alpha value is -3.36. The van der Waals surface area contributed by atoms with Crippen LogP contribution in [-0.4, -0.2) is 65.9 Å². The number of hydrogen-bond acceptors (Lipinski definition) is 7. The van der Waals surface area contributed by atoms with E-state index in [4.69, 9.17) is 14.2 Å². The lowest BCUT2D eigenvalue weighted by atomic mass is 10.0. The highest BCUT2D eigenvalue weighted by atomic mass is 16.7. The number of benzene rings is 2. The van der Waals surface area contributed by atoms with Crippen LogP contribution in [0, 0.1) is 0 Å². The van der Waals surface area contributed by atoms with Crippen molar-refractivity contribution in [1.82, 2.24) is 10.2 Å². The monoisotopic (exact) mass is 536 g/mol. The van der Waals surface area contributed by atoms with E-state index in [-0.39, 0.29) is 30.6 Å². The molecule has 210 valence electrons. The molecule has 8 nitrogen and oxygen atoms in total. The molecule has 3 atom stereocenters. The maximum absolute atomic E-state index is 12.9. The molecule has 1 unspecified atom stereocenters. The maximum Gasteiger partial charge on any atom is 0.244 e. The number of likely N-dealkylation sites (tertiary alicyclic amines) is 1. The minimum atomic E-state index is -1.04. The van der Waals surface area contributed by atoms with Gasteiger partial charge in [0.2, 0.25) is 12.2 Å². The first-order chi connectivity index (χ1) is 18.9. The summed E-state index contributed by atoms with van der Waals surface area (Å²) in [5, 5.41) is 14.2. The number of carbonyl (C=O) groups is 2. The molecular weight excluding hydrogens is 496 g/mol. The van der Waals surface area contributed by atoms with E-state index < -0.39 is 18.4 Å². The van der Waals surface area contributed by atoms with E-state index in [1.807, 2.05) is 44.2 Å². The minimum Gasteiger partial charge on any atom is -0.491 e. The van der Waals surface area contributed by atoms with Gasteiger partial charge in [0.15, 0.2) is 11.5 Å². The smallest absolute Gasteiger partial charge is 0.244 e. The van der Waals surface area contributed by atoms with Gasteiger partial charge in [-0.2, -0.15) is 0 Å². The van der Waals surface area contributed by atoms with Crippen LogP contribution in [-0.2, 0) is 20.7 Å². The normalized spacial score (nSPS) is 18.7. The molecule has 0 aromatic heterocycles. The molecule has 8 heteroatoms. The molecule has 2 aliphatic rings. The van der Waals surface area contributed by atoms with Gasteiger partial charge in [0.05, 0.1) is 12.1 Å². The van der Waals surface area contributed by atoms with Gasteiger partial charge in [-0.25, -0.2) is 0 Å². The van der Waals surface area contributed by atoms with Crippen molar-refractivity contribution in [3.8, 4) is 5.75 Å². The first-order valence-electron chi connectivity index (χ1n) is 13.9. The Bertz CT molecular complexity index is 1100. The number of Topliss-reactive ketones (excluding diaryl/α,β-unsaturated/α-hetero) is 1. The zero-order valence-electron chi connectivity index (χ0n) is 22.9. The average molecular weight is 537 g/mol. The summed E-state index contributed by atoms with van der Waals surface area (Å²) in [5.74, 6) is 0.827. The molecule has 2 heterocycles. The Kier molecular flexibility index (Phi) is 10.4. The average Bonchev–Trinajstić information content (AvgIpc) is 3.61. The molecule has 2 aliphatic heterocycles. The highest BCUT2D eigenvalue weighted by molar-refractivity contribution is 5.96. The van der Waals surface area contributed by atoms with Crippen LogP contribution in [0.3, 0.4) is 0 Å². The fourth-order valence-electron chi connectivity index (χ4n) is 4.88. The lowest BCUT2D eigenvalue weighted by Gasteiger charge is -2.28. The van der Waals surface area contributed by atoms with Crippen molar-refractivity contribution in [2.45, 2.75) is 76.9 Å². The summed E-state index contributed by atoms with van der Waals surface area (Å²) >= 11 is 0. The molecule has 39 heavy (non-hydrogen) atoms. The van der Waals surface area contributed by atoms with E-state index in [0.717, 1.165) is 37.2 Å². The number of aliphatic hydroxyl groups is 1. The number of ether oxygens (including phenoxy) is 3. The number of nitrogens with one attached hydrogen (secondary N) is 1. The van der Waals surface area contributed by atoms with Crippen molar-refractivity contribution in [3.63, 3.8) is 0 Å². The molecule has 1 saturated heterocycles. The van der Waals surface area contributed by atoms with Gasteiger partial charge in [0.25, 0.3) is 0 Å². The van der Waals surface area contributed by atoms with E-state index in [1.165, 1.54) is 6.26 Å². The Labute approximate surface area is 230 Å². The van der Waals surface area contributed by atoms with Crippen molar-refractivity contribution < 1.29 is 28.9 Å². The number of amides is 1. The first kappa shape index (κ1) is 28.6. The molecule has 0 bridgehead atoms. The number of hydrogen-bond donors (Lipinski definition) is 2. The molecule has 0 aliphatic carbocycles. The summed E-state index contributed by atoms with van der Waals surface area (Å²) in [6, 6.07) is 16.4. The fraction of sp³-hybridized carbons (Fsp3) is 0.484. The minimum absolute atomic E-state index is 0.0151. The Balaban J connectivity index is 1.27. The molecular formula is C31H40N2O6. The van der Waals surface area contributed by atoms with Gasteiger partial charge in [0, 0.05) is 31.4 Å². The lowest BCUT2D eigenvalue weighted by molar-refractivity contribution is -0.123. The van der Waals surface area contributed by atoms with Crippen molar-refractivity contribution in [2.24, 2.45) is 0 Å². The van der Waals surface area contributed by atoms with Crippen LogP contribution >= 0.6 is 0 Å². The number of carbonyl (C=O) groups excluding carboxylic acids is 2. The predicted molar refractivity (Wildman–Crippen MR) is 148 cm³/mol. The molecule has 0 radical (unpaired) electrons. The molecule has 2 aromatic rings. The Morgan fingerprint density at radius 3 is 2.46 bits per heavy atom. The second-order valence-electron chi connectivity index (χ2n) is 10.5. The van der Waals surface area contributed by atoms with Crippen molar-refractivity contribution in [2.75, 3.05) is 19.6 Å². The summed E-state index contributed by atoms with van der Waals surface area (Å²) in [5.41, 5.74) is 1.67. The standard InChI is InChI=1S/C31H40N2O6/c1-22(2)38-25-15-13-24(14-16-25)27(34)11-8-12-29(35)32-26(20-33-17-6-7-18-33)31(36)28-21-37-30(39-28)19-23-9-4-3-5-10-23/h3-5,9-10,13-16,21-22,26,30-31,36H,6-8,11-12,17-20H2,1-2H3,(H,32,35)/t26-,30?,31-/m1/s1. The van der Waals surface area contributed by atoms with Crippen LogP contribution in [0.25, 0.3) is 0 Å². The maximum atomic E-state index is 12.9. The molecule has 4 rings (SSSR count). The van der Waals surface area contributed by atoms with Crippen molar-refractivity contribution in [1.29, 1.82) is 0 Å². The predicted octanol–water partition coefficient (Wildman–Crippen LogP) is 4.23. The second-order valence-corrected chi connectivity index (χ2v) is 10.5. The third-order valence-corrected chi connectivity index (χ3v) is 6.88. The van der Waals surface area contributed by atoms with Gasteiger partial charge in [-0.05, 0) is 76.0 Å². The van der Waals surface area contributed by atoms with E-state index in [1.54, 1.807) is 24.3 Å². The fourth-order valence-corrected chi connectivity index (χ4v) is 4.88. The van der Waals surface area contributed by atoms with Crippen molar-refractivity contribution >= 4 is 11.7 Å². The van der Waals surface area contributed by atoms with Crippen LogP contribution < -0.4 is 10.1 Å². The Morgan fingerprint density at radius 1 is 1.05 bits per heavy atom. The summed E-state index contributed by atoms with van der Waals surface area (Å²) in [6.07, 6.45) is 3.60. The quantitative estimate of drug-likeness (QED) is 0.349. The zero-order valence-corrected chi connectivity index (χ0v) is 22.9. The van der Waals surface area contributed by atoms with Gasteiger partial charge in [0.1, 0.15) is 18.1 Å². The van der Waals surface area contributed by atoms with E-state index in [2.05, 4.69) is 10.2 Å². The number of aliphatic hydroxyl groups excluding tert-OH is 1. The van der Waals surface area contributed by atoms with Gasteiger partial charge in [-0.15, -0.1) is 0 Å². The first-order valence-corrected chi connectivity index (χ1v) is 13.9. The summed E-state index contributed by atoms with van der Waals surface area (Å²) in [4.78, 5) is 27.7. The molecule has 0 spiro atoms. The zero-order chi connectivity index (χ0) is 27.6. The summed E-state index contributed by atoms with van der Waals surface area (Å²) in [6.45, 7) is 6.28.